The minimum Gasteiger partial charge on any atom is -0.493 e. The van der Waals surface area contributed by atoms with Crippen LogP contribution in [0.25, 0.3) is 0 Å². The predicted octanol–water partition coefficient (Wildman–Crippen LogP) is 2.15. The number of rotatable bonds is 6. The summed E-state index contributed by atoms with van der Waals surface area (Å²) in [4.78, 5) is 16.3. The number of carbonyl (C=O) groups excluding carboxylic acids is 1. The summed E-state index contributed by atoms with van der Waals surface area (Å²) < 4.78 is 5.63. The Morgan fingerprint density at radius 1 is 1.29 bits per heavy atom. The standard InChI is InChI=1S/C16H23ClN2O2/c1-14-3-2-4-15(13-14)21-12-5-16(20)19-10-8-18(7-6-17)9-11-19/h2-4,13H,5-12H2,1H3. The quantitative estimate of drug-likeness (QED) is 0.755. The highest BCUT2D eigenvalue weighted by molar-refractivity contribution is 6.18. The maximum atomic E-state index is 12.1. The Kier molecular flexibility index (Phi) is 6.33. The van der Waals surface area contributed by atoms with Gasteiger partial charge in [-0.25, -0.2) is 0 Å². The zero-order valence-electron chi connectivity index (χ0n) is 12.6. The average molecular weight is 311 g/mol. The van der Waals surface area contributed by atoms with Crippen molar-refractivity contribution in [3.05, 3.63) is 29.8 Å². The molecule has 0 aliphatic carbocycles. The Morgan fingerprint density at radius 2 is 2.05 bits per heavy atom. The first-order chi connectivity index (χ1) is 10.2. The van der Waals surface area contributed by atoms with Gasteiger partial charge in [0.15, 0.2) is 0 Å². The van der Waals surface area contributed by atoms with Crippen molar-refractivity contribution in [2.75, 3.05) is 45.2 Å². The van der Waals surface area contributed by atoms with Crippen LogP contribution in [-0.4, -0.2) is 60.9 Å². The number of nitrogens with zero attached hydrogens (tertiary/aromatic N) is 2. The van der Waals surface area contributed by atoms with Crippen molar-refractivity contribution in [2.24, 2.45) is 0 Å². The monoisotopic (exact) mass is 310 g/mol. The average Bonchev–Trinajstić information content (AvgIpc) is 2.48. The Bertz CT molecular complexity index is 459. The number of aryl methyl sites for hydroxylation is 1. The summed E-state index contributed by atoms with van der Waals surface area (Å²) >= 11 is 5.73. The number of halogens is 1. The summed E-state index contributed by atoms with van der Waals surface area (Å²) in [5.41, 5.74) is 1.16. The molecule has 1 aromatic carbocycles. The molecule has 0 aromatic heterocycles. The first-order valence-corrected chi connectivity index (χ1v) is 7.98. The number of carbonyl (C=O) groups is 1. The molecule has 0 spiro atoms. The second kappa shape index (κ2) is 8.25. The Hall–Kier alpha value is -1.26. The van der Waals surface area contributed by atoms with Gasteiger partial charge in [-0.1, -0.05) is 12.1 Å². The zero-order valence-corrected chi connectivity index (χ0v) is 13.3. The first-order valence-electron chi connectivity index (χ1n) is 7.44. The van der Waals surface area contributed by atoms with Gasteiger partial charge in [-0.3, -0.25) is 9.69 Å². The first kappa shape index (κ1) is 16.1. The van der Waals surface area contributed by atoms with Crippen LogP contribution in [0.3, 0.4) is 0 Å². The van der Waals surface area contributed by atoms with Crippen molar-refractivity contribution < 1.29 is 9.53 Å². The summed E-state index contributed by atoms with van der Waals surface area (Å²) in [6, 6.07) is 7.89. The van der Waals surface area contributed by atoms with Crippen LogP contribution in [-0.2, 0) is 4.79 Å². The van der Waals surface area contributed by atoms with E-state index in [1.54, 1.807) is 0 Å². The Morgan fingerprint density at radius 3 is 2.71 bits per heavy atom. The van der Waals surface area contributed by atoms with E-state index in [-0.39, 0.29) is 5.91 Å². The lowest BCUT2D eigenvalue weighted by molar-refractivity contribution is -0.133. The highest BCUT2D eigenvalue weighted by Gasteiger charge is 2.20. The minimum atomic E-state index is 0.174. The normalized spacial score (nSPS) is 16.0. The number of benzene rings is 1. The van der Waals surface area contributed by atoms with E-state index in [2.05, 4.69) is 4.90 Å². The van der Waals surface area contributed by atoms with Gasteiger partial charge < -0.3 is 9.64 Å². The van der Waals surface area contributed by atoms with Crippen molar-refractivity contribution in [1.29, 1.82) is 0 Å². The second-order valence-corrected chi connectivity index (χ2v) is 5.70. The van der Waals surface area contributed by atoms with Crippen molar-refractivity contribution in [1.82, 2.24) is 9.80 Å². The number of hydrogen-bond acceptors (Lipinski definition) is 3. The Labute approximate surface area is 131 Å². The molecule has 0 N–H and O–H groups in total. The molecule has 21 heavy (non-hydrogen) atoms. The van der Waals surface area contributed by atoms with Gasteiger partial charge in [0.05, 0.1) is 13.0 Å². The van der Waals surface area contributed by atoms with Crippen LogP contribution in [0.5, 0.6) is 5.75 Å². The van der Waals surface area contributed by atoms with E-state index in [0.717, 1.165) is 44.0 Å². The Balaban J connectivity index is 1.68. The van der Waals surface area contributed by atoms with E-state index in [1.165, 1.54) is 0 Å². The smallest absolute Gasteiger partial charge is 0.226 e. The third kappa shape index (κ3) is 5.21. The lowest BCUT2D eigenvalue weighted by Crippen LogP contribution is -2.49. The fourth-order valence-electron chi connectivity index (χ4n) is 2.46. The van der Waals surface area contributed by atoms with E-state index in [9.17, 15) is 4.79 Å². The molecule has 2 rings (SSSR count). The molecule has 1 aliphatic rings. The van der Waals surface area contributed by atoms with Crippen LogP contribution in [0.4, 0.5) is 0 Å². The third-order valence-electron chi connectivity index (χ3n) is 3.70. The van der Waals surface area contributed by atoms with Gasteiger partial charge in [-0.05, 0) is 24.6 Å². The summed E-state index contributed by atoms with van der Waals surface area (Å²) in [5, 5.41) is 0. The largest absolute Gasteiger partial charge is 0.493 e. The number of ether oxygens (including phenoxy) is 1. The molecule has 1 amide bonds. The van der Waals surface area contributed by atoms with Crippen LogP contribution < -0.4 is 4.74 Å². The van der Waals surface area contributed by atoms with E-state index in [4.69, 9.17) is 16.3 Å². The molecule has 1 aromatic rings. The van der Waals surface area contributed by atoms with Crippen LogP contribution in [0.15, 0.2) is 24.3 Å². The van der Waals surface area contributed by atoms with Gasteiger partial charge in [0, 0.05) is 38.6 Å². The molecule has 0 radical (unpaired) electrons. The van der Waals surface area contributed by atoms with Crippen LogP contribution >= 0.6 is 11.6 Å². The highest BCUT2D eigenvalue weighted by atomic mass is 35.5. The number of piperazine rings is 1. The molecule has 5 heteroatoms. The van der Waals surface area contributed by atoms with Crippen LogP contribution in [0, 0.1) is 6.92 Å². The van der Waals surface area contributed by atoms with Gasteiger partial charge in [0.2, 0.25) is 5.91 Å². The van der Waals surface area contributed by atoms with Gasteiger partial charge in [-0.15, -0.1) is 11.6 Å². The summed E-state index contributed by atoms with van der Waals surface area (Å²) in [7, 11) is 0. The molecular weight excluding hydrogens is 288 g/mol. The highest BCUT2D eigenvalue weighted by Crippen LogP contribution is 2.13. The maximum Gasteiger partial charge on any atom is 0.226 e. The van der Waals surface area contributed by atoms with Crippen molar-refractivity contribution in [3.63, 3.8) is 0 Å². The molecule has 1 aliphatic heterocycles. The van der Waals surface area contributed by atoms with Gasteiger partial charge in [-0.2, -0.15) is 0 Å². The molecule has 4 nitrogen and oxygen atoms in total. The topological polar surface area (TPSA) is 32.8 Å². The molecule has 0 bridgehead atoms. The van der Waals surface area contributed by atoms with Gasteiger partial charge in [0.1, 0.15) is 5.75 Å². The fourth-order valence-corrected chi connectivity index (χ4v) is 2.70. The maximum absolute atomic E-state index is 12.1. The van der Waals surface area contributed by atoms with Crippen LogP contribution in [0.1, 0.15) is 12.0 Å². The molecule has 0 saturated carbocycles. The van der Waals surface area contributed by atoms with Gasteiger partial charge >= 0.3 is 0 Å². The fraction of sp³-hybridized carbons (Fsp3) is 0.562. The molecule has 1 heterocycles. The van der Waals surface area contributed by atoms with Gasteiger partial charge in [0.25, 0.3) is 0 Å². The molecular formula is C16H23ClN2O2. The van der Waals surface area contributed by atoms with E-state index in [1.807, 2.05) is 36.1 Å². The van der Waals surface area contributed by atoms with Crippen molar-refractivity contribution in [3.8, 4) is 5.75 Å². The predicted molar refractivity (Wildman–Crippen MR) is 85.0 cm³/mol. The SMILES string of the molecule is Cc1cccc(OCCC(=O)N2CCN(CCCl)CC2)c1. The van der Waals surface area contributed by atoms with Crippen molar-refractivity contribution in [2.45, 2.75) is 13.3 Å². The second-order valence-electron chi connectivity index (χ2n) is 5.33. The third-order valence-corrected chi connectivity index (χ3v) is 3.87. The minimum absolute atomic E-state index is 0.174. The molecule has 0 atom stereocenters. The number of amides is 1. The van der Waals surface area contributed by atoms with Crippen LogP contribution in [0.2, 0.25) is 0 Å². The molecule has 116 valence electrons. The summed E-state index contributed by atoms with van der Waals surface area (Å²) in [6.45, 7) is 6.78. The summed E-state index contributed by atoms with van der Waals surface area (Å²) in [5.74, 6) is 1.65. The number of alkyl halides is 1. The lowest BCUT2D eigenvalue weighted by Gasteiger charge is -2.34. The molecule has 1 fully saturated rings. The zero-order chi connectivity index (χ0) is 15.1. The molecule has 0 unspecified atom stereocenters. The van der Waals surface area contributed by atoms with E-state index < -0.39 is 0 Å². The van der Waals surface area contributed by atoms with E-state index >= 15 is 0 Å². The lowest BCUT2D eigenvalue weighted by atomic mass is 10.2. The van der Waals surface area contributed by atoms with Crippen molar-refractivity contribution >= 4 is 17.5 Å². The molecule has 1 saturated heterocycles. The summed E-state index contributed by atoms with van der Waals surface area (Å²) in [6.07, 6.45) is 0.434. The number of hydrogen-bond donors (Lipinski definition) is 0. The van der Waals surface area contributed by atoms with E-state index in [0.29, 0.717) is 18.9 Å².